The Hall–Kier alpha value is -3.78. The molecule has 0 saturated carbocycles. The molecule has 5 rings (SSSR count). The zero-order valence-electron chi connectivity index (χ0n) is 17.5. The predicted octanol–water partition coefficient (Wildman–Crippen LogP) is 3.13. The minimum absolute atomic E-state index is 0.0738. The quantitative estimate of drug-likeness (QED) is 0.449. The van der Waals surface area contributed by atoms with E-state index in [0.717, 1.165) is 29.9 Å². The second-order valence-corrected chi connectivity index (χ2v) is 7.71. The van der Waals surface area contributed by atoms with Crippen LogP contribution in [0, 0.1) is 0 Å². The van der Waals surface area contributed by atoms with Crippen LogP contribution in [0.25, 0.3) is 5.65 Å². The Kier molecular flexibility index (Phi) is 5.76. The molecule has 0 aliphatic carbocycles. The van der Waals surface area contributed by atoms with Crippen LogP contribution in [0.5, 0.6) is 5.75 Å². The Morgan fingerprint density at radius 1 is 1.12 bits per heavy atom. The average Bonchev–Trinajstić information content (AvgIpc) is 3.49. The van der Waals surface area contributed by atoms with Crippen molar-refractivity contribution in [2.24, 2.45) is 0 Å². The van der Waals surface area contributed by atoms with E-state index < -0.39 is 0 Å². The van der Waals surface area contributed by atoms with Gasteiger partial charge in [0.05, 0.1) is 19.4 Å². The molecular weight excluding hydrogens is 406 g/mol. The van der Waals surface area contributed by atoms with Crippen LogP contribution in [0.4, 0.5) is 0 Å². The fourth-order valence-corrected chi connectivity index (χ4v) is 3.79. The van der Waals surface area contributed by atoms with Crippen molar-refractivity contribution in [2.45, 2.75) is 25.6 Å². The molecule has 0 N–H and O–H groups in total. The fourth-order valence-electron chi connectivity index (χ4n) is 3.79. The molecule has 32 heavy (non-hydrogen) atoms. The molecule has 1 fully saturated rings. The summed E-state index contributed by atoms with van der Waals surface area (Å²) in [5.41, 5.74) is 2.98. The smallest absolute Gasteiger partial charge is 0.259 e. The van der Waals surface area contributed by atoms with E-state index in [4.69, 9.17) is 9.47 Å². The molecule has 3 aromatic heterocycles. The molecule has 1 unspecified atom stereocenters. The Morgan fingerprint density at radius 3 is 2.84 bits per heavy atom. The van der Waals surface area contributed by atoms with E-state index >= 15 is 0 Å². The standard InChI is InChI=1S/C24H23N5O3/c30-24(22-14-27-29-11-2-8-26-23(22)29)28(15-18-5-9-25-10-6-18)16-19-3-1-4-20(13-19)32-21-7-12-31-17-21/h1-6,8-11,13-14,21H,7,12,15-17H2. The van der Waals surface area contributed by atoms with Gasteiger partial charge in [0.2, 0.25) is 0 Å². The summed E-state index contributed by atoms with van der Waals surface area (Å²) in [6, 6.07) is 13.5. The molecule has 1 aliphatic rings. The Bertz CT molecular complexity index is 1200. The maximum absolute atomic E-state index is 13.6. The number of amides is 1. The van der Waals surface area contributed by atoms with Crippen molar-refractivity contribution < 1.29 is 14.3 Å². The Balaban J connectivity index is 1.42. The normalized spacial score (nSPS) is 15.7. The summed E-state index contributed by atoms with van der Waals surface area (Å²) >= 11 is 0. The average molecular weight is 429 g/mol. The monoisotopic (exact) mass is 429 g/mol. The highest BCUT2D eigenvalue weighted by Crippen LogP contribution is 2.21. The van der Waals surface area contributed by atoms with Gasteiger partial charge in [-0.3, -0.25) is 9.78 Å². The van der Waals surface area contributed by atoms with Crippen LogP contribution >= 0.6 is 0 Å². The number of nitrogens with zero attached hydrogens (tertiary/aromatic N) is 5. The number of carbonyl (C=O) groups is 1. The van der Waals surface area contributed by atoms with E-state index in [0.29, 0.717) is 30.9 Å². The fraction of sp³-hybridized carbons (Fsp3) is 0.250. The summed E-state index contributed by atoms with van der Waals surface area (Å²) in [5, 5.41) is 4.27. The third-order valence-electron chi connectivity index (χ3n) is 5.38. The molecule has 1 aliphatic heterocycles. The second kappa shape index (κ2) is 9.15. The van der Waals surface area contributed by atoms with Gasteiger partial charge in [-0.05, 0) is 41.5 Å². The van der Waals surface area contributed by atoms with Crippen LogP contribution in [0.15, 0.2) is 73.4 Å². The van der Waals surface area contributed by atoms with E-state index in [9.17, 15) is 4.79 Å². The highest BCUT2D eigenvalue weighted by Gasteiger charge is 2.22. The summed E-state index contributed by atoms with van der Waals surface area (Å²) in [4.78, 5) is 23.8. The van der Waals surface area contributed by atoms with Crippen LogP contribution in [0.3, 0.4) is 0 Å². The van der Waals surface area contributed by atoms with Crippen molar-refractivity contribution in [3.05, 3.63) is 90.1 Å². The van der Waals surface area contributed by atoms with Crippen molar-refractivity contribution in [2.75, 3.05) is 13.2 Å². The zero-order chi connectivity index (χ0) is 21.8. The number of benzene rings is 1. The number of rotatable bonds is 7. The van der Waals surface area contributed by atoms with Crippen LogP contribution in [-0.4, -0.2) is 49.7 Å². The van der Waals surface area contributed by atoms with Gasteiger partial charge < -0.3 is 14.4 Å². The number of ether oxygens (including phenoxy) is 2. The van der Waals surface area contributed by atoms with Crippen LogP contribution < -0.4 is 4.74 Å². The molecule has 0 radical (unpaired) electrons. The number of carbonyl (C=O) groups excluding carboxylic acids is 1. The molecule has 162 valence electrons. The molecular formula is C24H23N5O3. The third-order valence-corrected chi connectivity index (χ3v) is 5.38. The summed E-state index contributed by atoms with van der Waals surface area (Å²) in [5.74, 6) is 0.651. The lowest BCUT2D eigenvalue weighted by atomic mass is 10.1. The minimum Gasteiger partial charge on any atom is -0.488 e. The van der Waals surface area contributed by atoms with Crippen molar-refractivity contribution in [1.82, 2.24) is 24.5 Å². The van der Waals surface area contributed by atoms with E-state index in [1.165, 1.54) is 0 Å². The van der Waals surface area contributed by atoms with Gasteiger partial charge in [0.15, 0.2) is 5.65 Å². The minimum atomic E-state index is -0.133. The maximum Gasteiger partial charge on any atom is 0.259 e. The van der Waals surface area contributed by atoms with Gasteiger partial charge in [0.25, 0.3) is 5.91 Å². The van der Waals surface area contributed by atoms with E-state index in [2.05, 4.69) is 15.1 Å². The lowest BCUT2D eigenvalue weighted by molar-refractivity contribution is 0.0731. The highest BCUT2D eigenvalue weighted by atomic mass is 16.5. The van der Waals surface area contributed by atoms with E-state index in [-0.39, 0.29) is 12.0 Å². The van der Waals surface area contributed by atoms with Gasteiger partial charge in [-0.25, -0.2) is 9.50 Å². The second-order valence-electron chi connectivity index (χ2n) is 7.71. The number of fused-ring (bicyclic) bond motifs is 1. The van der Waals surface area contributed by atoms with Crippen molar-refractivity contribution in [1.29, 1.82) is 0 Å². The van der Waals surface area contributed by atoms with Gasteiger partial charge in [0.1, 0.15) is 17.4 Å². The number of hydrogen-bond donors (Lipinski definition) is 0. The first-order valence-corrected chi connectivity index (χ1v) is 10.6. The van der Waals surface area contributed by atoms with Gasteiger partial charge in [0, 0.05) is 44.3 Å². The SMILES string of the molecule is O=C(c1cnn2cccnc12)N(Cc1ccncc1)Cc1cccc(OC2CCOC2)c1. The van der Waals surface area contributed by atoms with Gasteiger partial charge >= 0.3 is 0 Å². The summed E-state index contributed by atoms with van der Waals surface area (Å²) < 4.78 is 13.1. The number of aromatic nitrogens is 4. The van der Waals surface area contributed by atoms with Crippen molar-refractivity contribution in [3.8, 4) is 5.75 Å². The molecule has 4 heterocycles. The van der Waals surface area contributed by atoms with E-state index in [1.54, 1.807) is 46.5 Å². The summed E-state index contributed by atoms with van der Waals surface area (Å²) in [7, 11) is 0. The lowest BCUT2D eigenvalue weighted by Gasteiger charge is -2.23. The molecule has 1 saturated heterocycles. The van der Waals surface area contributed by atoms with Gasteiger partial charge in [-0.1, -0.05) is 12.1 Å². The van der Waals surface area contributed by atoms with Crippen LogP contribution in [0.2, 0.25) is 0 Å². The third kappa shape index (κ3) is 4.45. The molecule has 1 atom stereocenters. The van der Waals surface area contributed by atoms with Crippen LogP contribution in [-0.2, 0) is 17.8 Å². The molecule has 1 amide bonds. The number of pyridine rings is 1. The first-order valence-electron chi connectivity index (χ1n) is 10.6. The predicted molar refractivity (Wildman–Crippen MR) is 117 cm³/mol. The van der Waals surface area contributed by atoms with Gasteiger partial charge in [-0.15, -0.1) is 0 Å². The first kappa shape index (κ1) is 20.1. The maximum atomic E-state index is 13.6. The Morgan fingerprint density at radius 2 is 2.00 bits per heavy atom. The van der Waals surface area contributed by atoms with Gasteiger partial charge in [-0.2, -0.15) is 5.10 Å². The molecule has 4 aromatic rings. The largest absolute Gasteiger partial charge is 0.488 e. The lowest BCUT2D eigenvalue weighted by Crippen LogP contribution is -2.30. The van der Waals surface area contributed by atoms with E-state index in [1.807, 2.05) is 36.4 Å². The van der Waals surface area contributed by atoms with Crippen LogP contribution in [0.1, 0.15) is 27.9 Å². The zero-order valence-corrected chi connectivity index (χ0v) is 17.5. The first-order chi connectivity index (χ1) is 15.8. The molecule has 8 nitrogen and oxygen atoms in total. The molecule has 0 spiro atoms. The van der Waals surface area contributed by atoms with Crippen molar-refractivity contribution in [3.63, 3.8) is 0 Å². The topological polar surface area (TPSA) is 81.9 Å². The Labute approximate surface area is 185 Å². The summed E-state index contributed by atoms with van der Waals surface area (Å²) in [6.07, 6.45) is 9.43. The molecule has 0 bridgehead atoms. The molecule has 8 heteroatoms. The summed E-state index contributed by atoms with van der Waals surface area (Å²) in [6.45, 7) is 2.20. The van der Waals surface area contributed by atoms with Crippen molar-refractivity contribution >= 4 is 11.6 Å². The number of hydrogen-bond acceptors (Lipinski definition) is 6. The molecule has 1 aromatic carbocycles. The highest BCUT2D eigenvalue weighted by molar-refractivity contribution is 5.99.